The number of hydrogen-bond donors (Lipinski definition) is 2. The molecular weight excluding hydrogens is 254 g/mol. The monoisotopic (exact) mass is 265 g/mol. The first-order valence-corrected chi connectivity index (χ1v) is 5.73. The molecule has 0 aliphatic carbocycles. The second-order valence-corrected chi connectivity index (χ2v) is 4.12. The van der Waals surface area contributed by atoms with Crippen molar-refractivity contribution in [3.8, 4) is 11.4 Å². The van der Waals surface area contributed by atoms with Crippen molar-refractivity contribution in [1.82, 2.24) is 15.1 Å². The first-order chi connectivity index (χ1) is 8.63. The Bertz CT molecular complexity index is 625. The van der Waals surface area contributed by atoms with Crippen molar-refractivity contribution in [2.75, 3.05) is 7.05 Å². The van der Waals surface area contributed by atoms with Crippen LogP contribution < -0.4 is 10.9 Å². The SMILES string of the molecule is CNCc1nn(-c2ccccc2Cl)c(=O)cc1O. The molecule has 1 aromatic heterocycles. The Hall–Kier alpha value is -1.85. The third-order valence-corrected chi connectivity index (χ3v) is 2.73. The Balaban J connectivity index is 2.61. The number of rotatable bonds is 3. The molecule has 5 nitrogen and oxygen atoms in total. The summed E-state index contributed by atoms with van der Waals surface area (Å²) in [4.78, 5) is 11.8. The van der Waals surface area contributed by atoms with E-state index in [0.29, 0.717) is 22.9 Å². The van der Waals surface area contributed by atoms with E-state index in [1.807, 2.05) is 0 Å². The first-order valence-electron chi connectivity index (χ1n) is 5.35. The molecule has 2 aromatic rings. The number of para-hydroxylation sites is 1. The summed E-state index contributed by atoms with van der Waals surface area (Å²) in [7, 11) is 1.73. The third-order valence-electron chi connectivity index (χ3n) is 2.41. The summed E-state index contributed by atoms with van der Waals surface area (Å²) in [5, 5.41) is 17.0. The van der Waals surface area contributed by atoms with Gasteiger partial charge in [0.05, 0.1) is 10.7 Å². The lowest BCUT2D eigenvalue weighted by molar-refractivity contribution is 0.454. The molecule has 0 amide bonds. The van der Waals surface area contributed by atoms with Crippen molar-refractivity contribution in [1.29, 1.82) is 0 Å². The highest BCUT2D eigenvalue weighted by Crippen LogP contribution is 2.19. The van der Waals surface area contributed by atoms with Crippen LogP contribution in [0, 0.1) is 0 Å². The molecule has 2 rings (SSSR count). The number of benzene rings is 1. The van der Waals surface area contributed by atoms with Crippen LogP contribution in [0.1, 0.15) is 5.69 Å². The Morgan fingerprint density at radius 2 is 2.17 bits per heavy atom. The highest BCUT2D eigenvalue weighted by molar-refractivity contribution is 6.32. The maximum Gasteiger partial charge on any atom is 0.275 e. The highest BCUT2D eigenvalue weighted by Gasteiger charge is 2.10. The summed E-state index contributed by atoms with van der Waals surface area (Å²) in [5.74, 6) is -0.127. The average Bonchev–Trinajstić information content (AvgIpc) is 2.34. The van der Waals surface area contributed by atoms with E-state index in [1.165, 1.54) is 4.68 Å². The molecule has 0 saturated heterocycles. The van der Waals surface area contributed by atoms with Gasteiger partial charge in [0.15, 0.2) is 0 Å². The zero-order valence-electron chi connectivity index (χ0n) is 9.72. The molecule has 1 heterocycles. The smallest absolute Gasteiger partial charge is 0.275 e. The molecule has 0 radical (unpaired) electrons. The predicted octanol–water partition coefficient (Wildman–Crippen LogP) is 1.31. The Kier molecular flexibility index (Phi) is 3.64. The van der Waals surface area contributed by atoms with E-state index in [1.54, 1.807) is 31.3 Å². The van der Waals surface area contributed by atoms with Crippen LogP contribution in [0.4, 0.5) is 0 Å². The summed E-state index contributed by atoms with van der Waals surface area (Å²) in [6.07, 6.45) is 0. The van der Waals surface area contributed by atoms with Gasteiger partial charge in [-0.1, -0.05) is 23.7 Å². The fourth-order valence-electron chi connectivity index (χ4n) is 1.57. The van der Waals surface area contributed by atoms with E-state index in [-0.39, 0.29) is 5.75 Å². The van der Waals surface area contributed by atoms with E-state index in [4.69, 9.17) is 11.6 Å². The normalized spacial score (nSPS) is 10.6. The Morgan fingerprint density at radius 1 is 1.44 bits per heavy atom. The van der Waals surface area contributed by atoms with Crippen LogP contribution in [0.2, 0.25) is 5.02 Å². The molecule has 6 heteroatoms. The van der Waals surface area contributed by atoms with Gasteiger partial charge in [-0.05, 0) is 19.2 Å². The number of aromatic hydroxyl groups is 1. The summed E-state index contributed by atoms with van der Waals surface area (Å²) in [6, 6.07) is 8.03. The van der Waals surface area contributed by atoms with Crippen molar-refractivity contribution in [2.24, 2.45) is 0 Å². The molecule has 1 aromatic carbocycles. The molecule has 2 N–H and O–H groups in total. The number of hydrogen-bond acceptors (Lipinski definition) is 4. The Morgan fingerprint density at radius 3 is 2.83 bits per heavy atom. The van der Waals surface area contributed by atoms with E-state index >= 15 is 0 Å². The summed E-state index contributed by atoms with van der Waals surface area (Å²) >= 11 is 6.02. The maximum absolute atomic E-state index is 11.8. The molecule has 0 unspecified atom stereocenters. The number of halogens is 1. The lowest BCUT2D eigenvalue weighted by atomic mass is 10.3. The Labute approximate surface area is 109 Å². The van der Waals surface area contributed by atoms with Crippen LogP contribution in [0.25, 0.3) is 5.69 Å². The van der Waals surface area contributed by atoms with Crippen LogP contribution in [0.3, 0.4) is 0 Å². The number of aromatic nitrogens is 2. The molecule has 0 aliphatic rings. The standard InChI is InChI=1S/C12H12ClN3O2/c1-14-7-9-11(17)6-12(18)16(15-9)10-5-3-2-4-8(10)13/h2-6,14,17H,7H2,1H3. The zero-order chi connectivity index (χ0) is 13.1. The highest BCUT2D eigenvalue weighted by atomic mass is 35.5. The molecule has 0 fully saturated rings. The van der Waals surface area contributed by atoms with Crippen LogP contribution in [-0.2, 0) is 6.54 Å². The lowest BCUT2D eigenvalue weighted by Crippen LogP contribution is -2.23. The van der Waals surface area contributed by atoms with Gasteiger partial charge in [0.1, 0.15) is 11.4 Å². The largest absolute Gasteiger partial charge is 0.506 e. The zero-order valence-corrected chi connectivity index (χ0v) is 10.5. The van der Waals surface area contributed by atoms with Gasteiger partial charge in [0.2, 0.25) is 0 Å². The van der Waals surface area contributed by atoms with Gasteiger partial charge >= 0.3 is 0 Å². The van der Waals surface area contributed by atoms with Crippen LogP contribution in [0.15, 0.2) is 35.1 Å². The van der Waals surface area contributed by atoms with Crippen LogP contribution in [0.5, 0.6) is 5.75 Å². The van der Waals surface area contributed by atoms with Gasteiger partial charge in [-0.25, -0.2) is 0 Å². The van der Waals surface area contributed by atoms with Crippen molar-refractivity contribution < 1.29 is 5.11 Å². The molecule has 0 aliphatic heterocycles. The van der Waals surface area contributed by atoms with Gasteiger partial charge in [-0.2, -0.15) is 9.78 Å². The van der Waals surface area contributed by atoms with E-state index in [0.717, 1.165) is 6.07 Å². The molecule has 94 valence electrons. The summed E-state index contributed by atoms with van der Waals surface area (Å²) in [5.41, 5.74) is 0.444. The fourth-order valence-corrected chi connectivity index (χ4v) is 1.79. The second-order valence-electron chi connectivity index (χ2n) is 3.71. The van der Waals surface area contributed by atoms with Crippen LogP contribution in [-0.4, -0.2) is 21.9 Å². The van der Waals surface area contributed by atoms with Crippen molar-refractivity contribution in [3.05, 3.63) is 51.4 Å². The summed E-state index contributed by atoms with van der Waals surface area (Å²) in [6.45, 7) is 0.358. The third kappa shape index (κ3) is 2.37. The lowest BCUT2D eigenvalue weighted by Gasteiger charge is -2.09. The van der Waals surface area contributed by atoms with Crippen molar-refractivity contribution in [3.63, 3.8) is 0 Å². The molecule has 0 saturated carbocycles. The van der Waals surface area contributed by atoms with Crippen molar-refractivity contribution in [2.45, 2.75) is 6.54 Å². The molecule has 0 spiro atoms. The fraction of sp³-hybridized carbons (Fsp3) is 0.167. The van der Waals surface area contributed by atoms with Gasteiger partial charge in [0.25, 0.3) is 5.56 Å². The topological polar surface area (TPSA) is 67.2 Å². The van der Waals surface area contributed by atoms with E-state index in [9.17, 15) is 9.90 Å². The van der Waals surface area contributed by atoms with Gasteiger partial charge in [-0.15, -0.1) is 0 Å². The van der Waals surface area contributed by atoms with Gasteiger partial charge < -0.3 is 10.4 Å². The predicted molar refractivity (Wildman–Crippen MR) is 69.3 cm³/mol. The maximum atomic E-state index is 11.8. The molecule has 0 atom stereocenters. The van der Waals surface area contributed by atoms with E-state index in [2.05, 4.69) is 10.4 Å². The minimum Gasteiger partial charge on any atom is -0.506 e. The summed E-state index contributed by atoms with van der Waals surface area (Å²) < 4.78 is 1.18. The number of nitrogens with one attached hydrogen (secondary N) is 1. The minimum atomic E-state index is -0.430. The second kappa shape index (κ2) is 5.20. The van der Waals surface area contributed by atoms with Crippen molar-refractivity contribution >= 4 is 11.6 Å². The quantitative estimate of drug-likeness (QED) is 0.878. The van der Waals surface area contributed by atoms with Gasteiger partial charge in [-0.3, -0.25) is 4.79 Å². The molecule has 0 bridgehead atoms. The van der Waals surface area contributed by atoms with E-state index < -0.39 is 5.56 Å². The van der Waals surface area contributed by atoms with Gasteiger partial charge in [0, 0.05) is 12.6 Å². The average molecular weight is 266 g/mol. The minimum absolute atomic E-state index is 0.127. The first kappa shape index (κ1) is 12.6. The molecule has 18 heavy (non-hydrogen) atoms. The molecular formula is C12H12ClN3O2. The number of nitrogens with zero attached hydrogens (tertiary/aromatic N) is 2. The van der Waals surface area contributed by atoms with Crippen LogP contribution >= 0.6 is 11.6 Å².